The summed E-state index contributed by atoms with van der Waals surface area (Å²) in [7, 11) is -24.1. The third-order valence-electron chi connectivity index (χ3n) is 10.4. The first kappa shape index (κ1) is 83.9. The summed E-state index contributed by atoms with van der Waals surface area (Å²) in [4.78, 5) is 89.6. The molecule has 95 heavy (non-hydrogen) atoms. The molecule has 0 saturated heterocycles. The molecule has 2 aliphatic heterocycles. The summed E-state index contributed by atoms with van der Waals surface area (Å²) in [5.74, 6) is -6.54. The number of nitrogens with two attached hydrogens (primary N) is 1. The van der Waals surface area contributed by atoms with E-state index in [4.69, 9.17) is 28.3 Å². The van der Waals surface area contributed by atoms with Crippen LogP contribution in [0.25, 0.3) is 0 Å². The van der Waals surface area contributed by atoms with Gasteiger partial charge in [0, 0.05) is 59.0 Å². The standard InChI is InChI=1S/C13H15ClN4O4S2.C10H13ClN2O5S2.C10H13NO3S.C8H14N4O4S2.C8H12N4O4S2/c1-7(2)10(19)18-24(21,22)13-17-16-12(23-13)15-11(20)8-3-5-9(14)6-4-8;1-6(2)10(14)13-20(17,18)9-4-7(11)3-8(5-9)19(12,15)16;1-8(2)10(12)11-15(13,14)9-6-4-3-5-7-9;2*1-4(2)6(14)12-18(15,16)8-11-10-7(17-8)9-5(3)13/h3-7,12,16H,1-2H3,(H,15,20)(H,18,19);3-6H,1-2H3,(H,13,14)(H2,12,15,16);3-8H,1-2H3,(H,11,12);4,7,10H,1-3H3,(H,9,13)(H,12,14);4H,1-3H3,(H,12,14)(H,9,10,13). The van der Waals surface area contributed by atoms with Crippen molar-refractivity contribution in [3.8, 4) is 0 Å². The minimum atomic E-state index is -4.21. The highest BCUT2D eigenvalue weighted by atomic mass is 35.5. The number of hydrazone groups is 2. The van der Waals surface area contributed by atoms with Crippen molar-refractivity contribution in [3.05, 3.63) is 88.4 Å². The van der Waals surface area contributed by atoms with E-state index in [1.54, 1.807) is 97.9 Å². The predicted molar refractivity (Wildman–Crippen MR) is 354 cm³/mol. The number of hydrogen-bond donors (Lipinski definition) is 11. The number of thioether (sulfide) groups is 2. The van der Waals surface area contributed by atoms with Crippen LogP contribution in [-0.4, -0.2) is 128 Å². The van der Waals surface area contributed by atoms with Crippen molar-refractivity contribution in [2.75, 3.05) is 5.32 Å². The highest BCUT2D eigenvalue weighted by molar-refractivity contribution is 8.35. The van der Waals surface area contributed by atoms with E-state index in [1.807, 2.05) is 23.6 Å². The lowest BCUT2D eigenvalue weighted by Crippen LogP contribution is -2.39. The van der Waals surface area contributed by atoms with Gasteiger partial charge in [0.25, 0.3) is 60.4 Å². The molecule has 3 heterocycles. The van der Waals surface area contributed by atoms with Crippen molar-refractivity contribution in [3.63, 3.8) is 0 Å². The average molecular weight is 1550 g/mol. The van der Waals surface area contributed by atoms with Gasteiger partial charge >= 0.3 is 0 Å². The summed E-state index contributed by atoms with van der Waals surface area (Å²) >= 11 is 13.7. The first-order valence-electron chi connectivity index (χ1n) is 26.7. The van der Waals surface area contributed by atoms with Gasteiger partial charge in [0.2, 0.25) is 65.3 Å². The molecule has 46 heteroatoms. The Kier molecular flexibility index (Phi) is 32.1. The number of nitrogens with one attached hydrogen (secondary N) is 10. The molecular weight excluding hydrogens is 1480 g/mol. The normalized spacial score (nSPS) is 14.5. The van der Waals surface area contributed by atoms with Crippen LogP contribution in [0.15, 0.2) is 102 Å². The molecule has 35 nitrogen and oxygen atoms in total. The number of aromatic nitrogens is 2. The molecule has 0 bridgehead atoms. The van der Waals surface area contributed by atoms with Crippen LogP contribution in [-0.2, 0) is 93.7 Å². The number of primary sulfonamides is 1. The van der Waals surface area contributed by atoms with Gasteiger partial charge in [0.1, 0.15) is 0 Å². The fourth-order valence-electron chi connectivity index (χ4n) is 5.36. The lowest BCUT2D eigenvalue weighted by Gasteiger charge is -2.12. The highest BCUT2D eigenvalue weighted by Crippen LogP contribution is 2.24. The minimum Gasteiger partial charge on any atom is -0.326 e. The number of amides is 8. The predicted octanol–water partition coefficient (Wildman–Crippen LogP) is 1.73. The molecule has 1 aromatic heterocycles. The van der Waals surface area contributed by atoms with Gasteiger partial charge in [-0.2, -0.15) is 35.5 Å². The van der Waals surface area contributed by atoms with Crippen molar-refractivity contribution in [1.82, 2.24) is 55.3 Å². The van der Waals surface area contributed by atoms with Gasteiger partial charge in [-0.1, -0.05) is 122 Å². The molecule has 0 radical (unpaired) electrons. The van der Waals surface area contributed by atoms with Crippen LogP contribution in [0.3, 0.4) is 0 Å². The van der Waals surface area contributed by atoms with Crippen LogP contribution in [0.5, 0.6) is 0 Å². The van der Waals surface area contributed by atoms with Crippen molar-refractivity contribution < 1.29 is 88.9 Å². The first-order chi connectivity index (χ1) is 43.5. The van der Waals surface area contributed by atoms with Crippen LogP contribution in [0, 0.1) is 29.6 Å². The highest BCUT2D eigenvalue weighted by Gasteiger charge is 2.34. The van der Waals surface area contributed by atoms with E-state index in [0.717, 1.165) is 41.7 Å². The molecule has 6 rings (SSSR count). The lowest BCUT2D eigenvalue weighted by atomic mass is 10.2. The van der Waals surface area contributed by atoms with Gasteiger partial charge in [0.15, 0.2) is 11.0 Å². The summed E-state index contributed by atoms with van der Waals surface area (Å²) in [6.45, 7) is 18.3. The zero-order valence-corrected chi connectivity index (χ0v) is 60.8. The maximum absolute atomic E-state index is 12.1. The number of carbonyl (C=O) groups is 8. The van der Waals surface area contributed by atoms with Gasteiger partial charge in [-0.25, -0.2) is 54.0 Å². The van der Waals surface area contributed by atoms with Gasteiger partial charge in [-0.05, 0) is 78.1 Å². The Morgan fingerprint density at radius 1 is 0.463 bits per heavy atom. The maximum atomic E-state index is 12.1. The number of halogens is 2. The van der Waals surface area contributed by atoms with Crippen LogP contribution in [0.2, 0.25) is 10.0 Å². The molecule has 0 fully saturated rings. The van der Waals surface area contributed by atoms with Gasteiger partial charge < -0.3 is 16.0 Å². The Labute approximate surface area is 571 Å². The maximum Gasteiger partial charge on any atom is 0.293 e. The SMILES string of the molecule is CC(=O)NC1NN=C(S(=O)(=O)NC(=O)C(C)C)S1.CC(=O)Nc1nnc(S(=O)(=O)NC(=O)C(C)C)s1.CC(C)C(=O)NS(=O)(=O)C1=NNC(NC(=O)c2ccc(Cl)cc2)S1.CC(C)C(=O)NS(=O)(=O)c1cc(Cl)cc(S(N)(=O)=O)c1.CC(C)C(=O)NS(=O)(=O)c1ccccc1. The molecule has 2 aliphatic rings. The van der Waals surface area contributed by atoms with Crippen LogP contribution < -0.4 is 55.6 Å². The monoisotopic (exact) mass is 1540 g/mol. The molecule has 2 unspecified atom stereocenters. The molecule has 0 aliphatic carbocycles. The number of nitrogens with zero attached hydrogens (tertiary/aromatic N) is 4. The molecule has 0 saturated carbocycles. The van der Waals surface area contributed by atoms with Gasteiger partial charge in [0.05, 0.1) is 14.7 Å². The Hall–Kier alpha value is -7.14. The van der Waals surface area contributed by atoms with E-state index in [1.165, 1.54) is 39.8 Å². The number of sulfonamides is 6. The number of hydrogen-bond acceptors (Lipinski definition) is 29. The van der Waals surface area contributed by atoms with Crippen molar-refractivity contribution in [2.45, 2.75) is 113 Å². The third-order valence-corrected chi connectivity index (χ3v) is 22.4. The Bertz CT molecular complexity index is 4260. The molecule has 2 atom stereocenters. The van der Waals surface area contributed by atoms with E-state index in [0.29, 0.717) is 21.9 Å². The molecule has 4 aromatic rings. The van der Waals surface area contributed by atoms with E-state index >= 15 is 0 Å². The molecule has 526 valence electrons. The van der Waals surface area contributed by atoms with Crippen molar-refractivity contribution in [2.24, 2.45) is 44.9 Å². The Morgan fingerprint density at radius 3 is 1.23 bits per heavy atom. The lowest BCUT2D eigenvalue weighted by molar-refractivity contribution is -0.123. The average Bonchev–Trinajstić information content (AvgIpc) is 1.37. The second kappa shape index (κ2) is 36.3. The Balaban J connectivity index is 0.000000408. The topological polar surface area (TPSA) is 538 Å². The number of carbonyl (C=O) groups excluding carboxylic acids is 8. The fraction of sp³-hybridized carbons (Fsp3) is 0.388. The van der Waals surface area contributed by atoms with E-state index < -0.39 is 140 Å². The molecule has 8 amide bonds. The fourth-order valence-corrected chi connectivity index (χ4v) is 15.5. The number of anilines is 1. The first-order valence-corrected chi connectivity index (χ1v) is 39.0. The Morgan fingerprint density at radius 2 is 0.842 bits per heavy atom. The quantitative estimate of drug-likeness (QED) is 0.0712. The smallest absolute Gasteiger partial charge is 0.293 e. The van der Waals surface area contributed by atoms with Gasteiger partial charge in [-0.3, -0.25) is 49.2 Å². The zero-order valence-electron chi connectivity index (χ0n) is 51.9. The van der Waals surface area contributed by atoms with Gasteiger partial charge in [-0.15, -0.1) is 10.2 Å². The van der Waals surface area contributed by atoms with Crippen LogP contribution in [0.1, 0.15) is 93.4 Å². The number of benzene rings is 3. The molecule has 0 spiro atoms. The largest absolute Gasteiger partial charge is 0.326 e. The molecule has 3 aromatic carbocycles. The summed E-state index contributed by atoms with van der Waals surface area (Å²) in [6, 6.07) is 16.9. The summed E-state index contributed by atoms with van der Waals surface area (Å²) in [5.41, 5.74) is 3.87. The number of rotatable bonds is 16. The third kappa shape index (κ3) is 29.0. The minimum absolute atomic E-state index is 0.0554. The molecular formula is C49H67Cl2N15O20S9. The van der Waals surface area contributed by atoms with E-state index in [9.17, 15) is 88.9 Å². The summed E-state index contributed by atoms with van der Waals surface area (Å²) < 4.78 is 149. The summed E-state index contributed by atoms with van der Waals surface area (Å²) in [6.07, 6.45) is 0. The van der Waals surface area contributed by atoms with Crippen molar-refractivity contribution >= 4 is 179 Å². The summed E-state index contributed by atoms with van der Waals surface area (Å²) in [5, 5.41) is 26.8. The molecule has 12 N–H and O–H groups in total. The second-order valence-electron chi connectivity index (χ2n) is 20.3. The van der Waals surface area contributed by atoms with E-state index in [-0.39, 0.29) is 45.9 Å². The second-order valence-corrected chi connectivity index (χ2v) is 34.9. The zero-order chi connectivity index (χ0) is 72.9. The van der Waals surface area contributed by atoms with Crippen LogP contribution >= 0.6 is 58.1 Å². The van der Waals surface area contributed by atoms with Crippen molar-refractivity contribution in [1.29, 1.82) is 0 Å². The van der Waals surface area contributed by atoms with E-state index in [2.05, 4.69) is 47.2 Å². The van der Waals surface area contributed by atoms with Crippen LogP contribution in [0.4, 0.5) is 5.13 Å².